The van der Waals surface area contributed by atoms with E-state index in [1.54, 1.807) is 14.2 Å². The molecule has 0 spiro atoms. The fourth-order valence-corrected chi connectivity index (χ4v) is 4.29. The number of carboxylic acids is 1. The summed E-state index contributed by atoms with van der Waals surface area (Å²) in [5.74, 6) is 1.84. The van der Waals surface area contributed by atoms with Crippen molar-refractivity contribution >= 4 is 16.7 Å². The van der Waals surface area contributed by atoms with Crippen LogP contribution in [0.3, 0.4) is 0 Å². The van der Waals surface area contributed by atoms with Crippen LogP contribution in [-0.4, -0.2) is 32.1 Å². The van der Waals surface area contributed by atoms with Gasteiger partial charge in [-0.1, -0.05) is 0 Å². The van der Waals surface area contributed by atoms with Crippen molar-refractivity contribution in [1.29, 1.82) is 0 Å². The third kappa shape index (κ3) is 2.73. The molecule has 2 aromatic carbocycles. The number of aliphatic carboxylic acids is 1. The van der Waals surface area contributed by atoms with Gasteiger partial charge in [0.25, 0.3) is 0 Å². The van der Waals surface area contributed by atoms with E-state index in [2.05, 4.69) is 6.07 Å². The molecule has 3 heterocycles. The molecule has 0 saturated carbocycles. The second kappa shape index (κ2) is 6.55. The fraction of sp³-hybridized carbons (Fsp3) is 0.273. The highest BCUT2D eigenvalue weighted by atomic mass is 16.7. The van der Waals surface area contributed by atoms with Gasteiger partial charge in [-0.05, 0) is 35.2 Å². The maximum Gasteiger partial charge on any atom is 0.310 e. The van der Waals surface area contributed by atoms with Gasteiger partial charge >= 0.3 is 5.97 Å². The van der Waals surface area contributed by atoms with E-state index in [-0.39, 0.29) is 19.3 Å². The van der Waals surface area contributed by atoms with E-state index >= 15 is 0 Å². The van der Waals surface area contributed by atoms with Crippen LogP contribution in [0.1, 0.15) is 18.0 Å². The minimum atomic E-state index is -0.838. The lowest BCUT2D eigenvalue weighted by Crippen LogP contribution is -2.46. The molecule has 0 amide bonds. The average Bonchev–Trinajstić information content (AvgIpc) is 3.17. The maximum atomic E-state index is 11.6. The van der Waals surface area contributed by atoms with Crippen LogP contribution in [0.2, 0.25) is 0 Å². The first-order chi connectivity index (χ1) is 14.1. The van der Waals surface area contributed by atoms with Gasteiger partial charge in [-0.25, -0.2) is 0 Å². The number of aromatic nitrogens is 1. The Morgan fingerprint density at radius 3 is 2.69 bits per heavy atom. The molecule has 5 rings (SSSR count). The summed E-state index contributed by atoms with van der Waals surface area (Å²) in [4.78, 5) is 11.6. The van der Waals surface area contributed by atoms with Crippen molar-refractivity contribution in [1.82, 2.24) is 0 Å². The van der Waals surface area contributed by atoms with E-state index in [1.165, 1.54) is 0 Å². The molecular formula is C22H20NO6+. The fourth-order valence-electron chi connectivity index (χ4n) is 4.29. The van der Waals surface area contributed by atoms with Crippen molar-refractivity contribution in [3.05, 3.63) is 42.1 Å². The first kappa shape index (κ1) is 17.6. The molecule has 0 saturated heterocycles. The third-order valence-electron chi connectivity index (χ3n) is 5.59. The number of methoxy groups -OCH3 is 2. The molecule has 1 unspecified atom stereocenters. The lowest BCUT2D eigenvalue weighted by Gasteiger charge is -2.23. The van der Waals surface area contributed by atoms with Crippen LogP contribution in [0, 0.1) is 0 Å². The predicted molar refractivity (Wildman–Crippen MR) is 104 cm³/mol. The van der Waals surface area contributed by atoms with Crippen LogP contribution in [0.15, 0.2) is 36.5 Å². The Morgan fingerprint density at radius 1 is 1.17 bits per heavy atom. The van der Waals surface area contributed by atoms with Crippen molar-refractivity contribution in [2.45, 2.75) is 18.9 Å². The van der Waals surface area contributed by atoms with E-state index in [4.69, 9.17) is 18.9 Å². The van der Waals surface area contributed by atoms with Crippen LogP contribution < -0.4 is 23.5 Å². The standard InChI is InChI=1S/C22H19NO6/c1-26-18-4-3-12-6-17-15-9-20-19(28-11-29-20)7-13(15)5-14(8-21(24)25)23(17)10-16(12)22(18)27-2/h3-4,6-7,9-10,14H,5,8,11H2,1-2H3/p+1. The summed E-state index contributed by atoms with van der Waals surface area (Å²) in [6, 6.07) is 9.63. The summed E-state index contributed by atoms with van der Waals surface area (Å²) in [7, 11) is 3.20. The van der Waals surface area contributed by atoms with E-state index in [0.29, 0.717) is 29.4 Å². The van der Waals surface area contributed by atoms with E-state index in [1.807, 2.05) is 35.0 Å². The number of carbonyl (C=O) groups is 1. The highest BCUT2D eigenvalue weighted by Gasteiger charge is 2.36. The topological polar surface area (TPSA) is 78.1 Å². The number of benzene rings is 2. The molecule has 1 aromatic heterocycles. The molecular weight excluding hydrogens is 374 g/mol. The lowest BCUT2D eigenvalue weighted by atomic mass is 9.90. The Bertz CT molecular complexity index is 1160. The molecule has 0 radical (unpaired) electrons. The molecule has 3 aromatic rings. The van der Waals surface area contributed by atoms with E-state index in [9.17, 15) is 9.90 Å². The van der Waals surface area contributed by atoms with Crippen molar-refractivity contribution in [3.8, 4) is 34.3 Å². The van der Waals surface area contributed by atoms with Gasteiger partial charge in [-0.2, -0.15) is 4.57 Å². The molecule has 7 heteroatoms. The van der Waals surface area contributed by atoms with Gasteiger partial charge in [0.2, 0.25) is 12.5 Å². The Balaban J connectivity index is 1.78. The molecule has 1 N–H and O–H groups in total. The quantitative estimate of drug-likeness (QED) is 0.685. The van der Waals surface area contributed by atoms with Gasteiger partial charge in [0.1, 0.15) is 6.42 Å². The van der Waals surface area contributed by atoms with E-state index in [0.717, 1.165) is 27.6 Å². The Labute approximate surface area is 167 Å². The Kier molecular flexibility index (Phi) is 3.97. The number of hydrogen-bond donors (Lipinski definition) is 1. The van der Waals surface area contributed by atoms with Crippen molar-refractivity contribution in [3.63, 3.8) is 0 Å². The molecule has 2 aliphatic heterocycles. The minimum absolute atomic E-state index is 0.0172. The average molecular weight is 394 g/mol. The first-order valence-electron chi connectivity index (χ1n) is 9.33. The van der Waals surface area contributed by atoms with Crippen LogP contribution in [0.4, 0.5) is 0 Å². The van der Waals surface area contributed by atoms with Crippen molar-refractivity contribution in [2.75, 3.05) is 21.0 Å². The van der Waals surface area contributed by atoms with Gasteiger partial charge in [0.05, 0.1) is 25.2 Å². The second-order valence-electron chi connectivity index (χ2n) is 7.19. The molecule has 7 nitrogen and oxygen atoms in total. The summed E-state index contributed by atoms with van der Waals surface area (Å²) in [5, 5.41) is 11.3. The van der Waals surface area contributed by atoms with Crippen LogP contribution in [0.25, 0.3) is 22.0 Å². The van der Waals surface area contributed by atoms with E-state index < -0.39 is 5.97 Å². The van der Waals surface area contributed by atoms with Crippen LogP contribution in [-0.2, 0) is 11.2 Å². The lowest BCUT2D eigenvalue weighted by molar-refractivity contribution is -0.712. The van der Waals surface area contributed by atoms with Gasteiger partial charge < -0.3 is 24.1 Å². The molecule has 1 atom stereocenters. The number of pyridine rings is 1. The molecule has 0 bridgehead atoms. The van der Waals surface area contributed by atoms with Gasteiger partial charge in [-0.3, -0.25) is 4.79 Å². The van der Waals surface area contributed by atoms with Gasteiger partial charge in [0.15, 0.2) is 35.2 Å². The zero-order valence-electron chi connectivity index (χ0n) is 16.1. The second-order valence-corrected chi connectivity index (χ2v) is 7.19. The summed E-state index contributed by atoms with van der Waals surface area (Å²) in [6.45, 7) is 0.200. The Hall–Kier alpha value is -3.48. The van der Waals surface area contributed by atoms with Crippen molar-refractivity contribution in [2.24, 2.45) is 0 Å². The van der Waals surface area contributed by atoms with Crippen molar-refractivity contribution < 1.29 is 33.4 Å². The van der Waals surface area contributed by atoms with Crippen LogP contribution >= 0.6 is 0 Å². The normalized spacial score (nSPS) is 16.3. The predicted octanol–water partition coefficient (Wildman–Crippen LogP) is 3.11. The highest BCUT2D eigenvalue weighted by Crippen LogP contribution is 2.43. The molecule has 0 aliphatic carbocycles. The number of hydrogen-bond acceptors (Lipinski definition) is 5. The maximum absolute atomic E-state index is 11.6. The number of rotatable bonds is 4. The summed E-state index contributed by atoms with van der Waals surface area (Å²) in [5.41, 5.74) is 3.02. The minimum Gasteiger partial charge on any atom is -0.493 e. The zero-order chi connectivity index (χ0) is 20.1. The van der Waals surface area contributed by atoms with Gasteiger partial charge in [-0.15, -0.1) is 0 Å². The zero-order valence-corrected chi connectivity index (χ0v) is 16.1. The monoisotopic (exact) mass is 394 g/mol. The highest BCUT2D eigenvalue weighted by molar-refractivity contribution is 5.91. The summed E-state index contributed by atoms with van der Waals surface area (Å²) < 4.78 is 24.1. The Morgan fingerprint density at radius 2 is 1.97 bits per heavy atom. The molecule has 0 fully saturated rings. The van der Waals surface area contributed by atoms with Gasteiger partial charge in [0, 0.05) is 12.5 Å². The number of nitrogens with zero attached hydrogens (tertiary/aromatic N) is 1. The molecule has 29 heavy (non-hydrogen) atoms. The summed E-state index contributed by atoms with van der Waals surface area (Å²) >= 11 is 0. The third-order valence-corrected chi connectivity index (χ3v) is 5.59. The first-order valence-corrected chi connectivity index (χ1v) is 9.33. The smallest absolute Gasteiger partial charge is 0.310 e. The number of fused-ring (bicyclic) bond motifs is 5. The largest absolute Gasteiger partial charge is 0.493 e. The van der Waals surface area contributed by atoms with Crippen LogP contribution in [0.5, 0.6) is 23.0 Å². The molecule has 2 aliphatic rings. The number of carboxylic acid groups (broad SMARTS) is 1. The number of ether oxygens (including phenoxy) is 4. The SMILES string of the molecule is COc1ccc2cc3[n+](cc2c1OC)C(CC(=O)O)Cc1cc2c(cc1-3)OCO2. The molecule has 148 valence electrons. The summed E-state index contributed by atoms with van der Waals surface area (Å²) in [6.07, 6.45) is 2.57.